The van der Waals surface area contributed by atoms with Crippen LogP contribution in [-0.4, -0.2) is 22.2 Å². The highest BCUT2D eigenvalue weighted by atomic mass is 19.4. The lowest BCUT2D eigenvalue weighted by atomic mass is 9.95. The Morgan fingerprint density at radius 2 is 1.83 bits per heavy atom. The van der Waals surface area contributed by atoms with Gasteiger partial charge < -0.3 is 5.73 Å². The average molecular weight is 263 g/mol. The van der Waals surface area contributed by atoms with Gasteiger partial charge in [0, 0.05) is 18.3 Å². The van der Waals surface area contributed by atoms with Gasteiger partial charge in [-0.15, -0.1) is 0 Å². The first kappa shape index (κ1) is 13.2. The van der Waals surface area contributed by atoms with E-state index in [1.165, 1.54) is 0 Å². The molecule has 0 saturated heterocycles. The van der Waals surface area contributed by atoms with Gasteiger partial charge in [-0.25, -0.2) is 14.4 Å². The minimum atomic E-state index is -4.56. The average Bonchev–Trinajstić information content (AvgIpc) is 3.04. The van der Waals surface area contributed by atoms with Gasteiger partial charge in [-0.3, -0.25) is 0 Å². The first-order chi connectivity index (χ1) is 8.34. The van der Waals surface area contributed by atoms with Crippen LogP contribution >= 0.6 is 0 Å². The molecule has 1 atom stereocenters. The monoisotopic (exact) mass is 263 g/mol. The van der Waals surface area contributed by atoms with E-state index in [2.05, 4.69) is 9.97 Å². The smallest absolute Gasteiger partial charge is 0.330 e. The van der Waals surface area contributed by atoms with Gasteiger partial charge in [0.2, 0.25) is 5.82 Å². The van der Waals surface area contributed by atoms with Crippen LogP contribution in [0, 0.1) is 0 Å². The van der Waals surface area contributed by atoms with Gasteiger partial charge in [0.25, 0.3) is 0 Å². The van der Waals surface area contributed by atoms with Crippen molar-refractivity contribution in [1.29, 1.82) is 0 Å². The molecule has 2 rings (SSSR count). The van der Waals surface area contributed by atoms with Crippen LogP contribution in [0.1, 0.15) is 36.6 Å². The fourth-order valence-corrected chi connectivity index (χ4v) is 1.81. The summed E-state index contributed by atoms with van der Waals surface area (Å²) in [5.41, 5.74) is 4.77. The van der Waals surface area contributed by atoms with Gasteiger partial charge in [-0.1, -0.05) is 0 Å². The lowest BCUT2D eigenvalue weighted by Crippen LogP contribution is -2.19. The molecule has 1 aliphatic carbocycles. The summed E-state index contributed by atoms with van der Waals surface area (Å²) in [6, 6.07) is 0. The molecule has 7 heteroatoms. The summed E-state index contributed by atoms with van der Waals surface area (Å²) in [6.07, 6.45) is -1.19. The second-order valence-electron chi connectivity index (χ2n) is 4.63. The summed E-state index contributed by atoms with van der Waals surface area (Å²) in [5, 5.41) is 0. The summed E-state index contributed by atoms with van der Waals surface area (Å²) in [4.78, 5) is 6.51. The molecule has 0 aromatic carbocycles. The Bertz CT molecular complexity index is 411. The third kappa shape index (κ3) is 2.95. The molecular weight excluding hydrogens is 250 g/mol. The van der Waals surface area contributed by atoms with E-state index in [-0.39, 0.29) is 18.9 Å². The number of alkyl halides is 4. The summed E-state index contributed by atoms with van der Waals surface area (Å²) in [6.45, 7) is 0.167. The zero-order chi connectivity index (χ0) is 13.4. The van der Waals surface area contributed by atoms with Crippen LogP contribution in [-0.2, 0) is 6.18 Å². The highest BCUT2D eigenvalue weighted by Crippen LogP contribution is 2.46. The molecule has 0 amide bonds. The molecule has 1 aromatic rings. The third-order valence-corrected chi connectivity index (χ3v) is 3.09. The Morgan fingerprint density at radius 3 is 2.22 bits per heavy atom. The Balaban J connectivity index is 2.12. The van der Waals surface area contributed by atoms with E-state index in [4.69, 9.17) is 5.73 Å². The van der Waals surface area contributed by atoms with Gasteiger partial charge in [0.05, 0.1) is 0 Å². The van der Waals surface area contributed by atoms with Crippen LogP contribution in [0.5, 0.6) is 0 Å². The van der Waals surface area contributed by atoms with Crippen LogP contribution in [0.4, 0.5) is 17.6 Å². The lowest BCUT2D eigenvalue weighted by Gasteiger charge is -2.17. The molecule has 1 heterocycles. The van der Waals surface area contributed by atoms with Crippen molar-refractivity contribution in [2.75, 3.05) is 6.54 Å². The molecule has 1 aromatic heterocycles. The molecule has 1 unspecified atom stereocenters. The van der Waals surface area contributed by atoms with Crippen LogP contribution in [0.2, 0.25) is 0 Å². The maximum Gasteiger partial charge on any atom is 0.451 e. The molecule has 3 nitrogen and oxygen atoms in total. The number of halogens is 4. The minimum absolute atomic E-state index is 0.167. The first-order valence-corrected chi connectivity index (χ1v) is 5.62. The predicted molar refractivity (Wildman–Crippen MR) is 56.5 cm³/mol. The largest absolute Gasteiger partial charge is 0.451 e. The zero-order valence-electron chi connectivity index (χ0n) is 9.54. The number of hydrogen-bond acceptors (Lipinski definition) is 3. The van der Waals surface area contributed by atoms with Gasteiger partial charge in [0.1, 0.15) is 5.67 Å². The van der Waals surface area contributed by atoms with Crippen molar-refractivity contribution >= 4 is 0 Å². The predicted octanol–water partition coefficient (Wildman–Crippen LogP) is 2.43. The highest BCUT2D eigenvalue weighted by molar-refractivity contribution is 5.16. The fourth-order valence-electron chi connectivity index (χ4n) is 1.81. The quantitative estimate of drug-likeness (QED) is 0.849. The zero-order valence-corrected chi connectivity index (χ0v) is 9.54. The van der Waals surface area contributed by atoms with Crippen LogP contribution in [0.25, 0.3) is 0 Å². The van der Waals surface area contributed by atoms with E-state index in [1.54, 1.807) is 0 Å². The number of hydrogen-bond donors (Lipinski definition) is 1. The van der Waals surface area contributed by atoms with Crippen molar-refractivity contribution in [2.45, 2.75) is 37.0 Å². The van der Waals surface area contributed by atoms with E-state index in [0.717, 1.165) is 12.4 Å². The molecule has 1 fully saturated rings. The summed E-state index contributed by atoms with van der Waals surface area (Å²) < 4.78 is 50.4. The summed E-state index contributed by atoms with van der Waals surface area (Å²) in [5.74, 6) is -1.52. The molecule has 1 saturated carbocycles. The van der Waals surface area contributed by atoms with Crippen molar-refractivity contribution in [1.82, 2.24) is 9.97 Å². The standard InChI is InChI=1S/C11H13F4N3/c12-10(1-2-10)3-7(4-16)8-5-17-9(18-6-8)11(13,14)15/h5-7H,1-4,16H2. The maximum absolute atomic E-state index is 13.6. The van der Waals surface area contributed by atoms with Crippen molar-refractivity contribution in [3.05, 3.63) is 23.8 Å². The van der Waals surface area contributed by atoms with Crippen molar-refractivity contribution in [2.24, 2.45) is 5.73 Å². The molecule has 0 bridgehead atoms. The molecule has 0 aliphatic heterocycles. The molecule has 0 radical (unpaired) electrons. The Hall–Kier alpha value is -1.24. The van der Waals surface area contributed by atoms with Crippen molar-refractivity contribution in [3.63, 3.8) is 0 Å². The minimum Gasteiger partial charge on any atom is -0.330 e. The summed E-state index contributed by atoms with van der Waals surface area (Å²) in [7, 11) is 0. The van der Waals surface area contributed by atoms with E-state index in [0.29, 0.717) is 18.4 Å². The van der Waals surface area contributed by atoms with E-state index in [1.807, 2.05) is 0 Å². The molecule has 18 heavy (non-hydrogen) atoms. The van der Waals surface area contributed by atoms with Crippen LogP contribution in [0.15, 0.2) is 12.4 Å². The second-order valence-corrected chi connectivity index (χ2v) is 4.63. The fraction of sp³-hybridized carbons (Fsp3) is 0.636. The number of nitrogens with zero attached hydrogens (tertiary/aromatic N) is 2. The maximum atomic E-state index is 13.6. The van der Waals surface area contributed by atoms with Gasteiger partial charge >= 0.3 is 6.18 Å². The molecule has 100 valence electrons. The van der Waals surface area contributed by atoms with Crippen molar-refractivity contribution < 1.29 is 17.6 Å². The van der Waals surface area contributed by atoms with Gasteiger partial charge in [-0.05, 0) is 31.4 Å². The highest BCUT2D eigenvalue weighted by Gasteiger charge is 2.44. The van der Waals surface area contributed by atoms with E-state index in [9.17, 15) is 17.6 Å². The number of aromatic nitrogens is 2. The third-order valence-electron chi connectivity index (χ3n) is 3.09. The Morgan fingerprint density at radius 1 is 1.28 bits per heavy atom. The van der Waals surface area contributed by atoms with Gasteiger partial charge in [-0.2, -0.15) is 13.2 Å². The first-order valence-electron chi connectivity index (χ1n) is 5.62. The number of rotatable bonds is 4. The second kappa shape index (κ2) is 4.46. The molecule has 2 N–H and O–H groups in total. The topological polar surface area (TPSA) is 51.8 Å². The van der Waals surface area contributed by atoms with Crippen LogP contribution < -0.4 is 5.73 Å². The molecule has 1 aliphatic rings. The Labute approximate surface area is 101 Å². The SMILES string of the molecule is NCC(CC1(F)CC1)c1cnc(C(F)(F)F)nc1. The molecule has 0 spiro atoms. The summed E-state index contributed by atoms with van der Waals surface area (Å²) >= 11 is 0. The molecular formula is C11H13F4N3. The normalized spacial score (nSPS) is 19.6. The van der Waals surface area contributed by atoms with Gasteiger partial charge in [0.15, 0.2) is 0 Å². The lowest BCUT2D eigenvalue weighted by molar-refractivity contribution is -0.145. The van der Waals surface area contributed by atoms with E-state index >= 15 is 0 Å². The Kier molecular flexibility index (Phi) is 3.27. The number of nitrogens with two attached hydrogens (primary N) is 1. The van der Waals surface area contributed by atoms with E-state index < -0.39 is 17.7 Å². The van der Waals surface area contributed by atoms with Crippen LogP contribution in [0.3, 0.4) is 0 Å². The van der Waals surface area contributed by atoms with Crippen molar-refractivity contribution in [3.8, 4) is 0 Å².